The highest BCUT2D eigenvalue weighted by molar-refractivity contribution is 7.92. The molecule has 0 bridgehead atoms. The predicted molar refractivity (Wildman–Crippen MR) is 108 cm³/mol. The summed E-state index contributed by atoms with van der Waals surface area (Å²) in [7, 11) is -3.69. The number of sulfonamides is 1. The average molecular weight is 388 g/mol. The Morgan fingerprint density at radius 3 is 2.15 bits per heavy atom. The molecule has 0 aliphatic rings. The largest absolute Gasteiger partial charge is 0.324 e. The second kappa shape index (κ2) is 7.92. The van der Waals surface area contributed by atoms with Gasteiger partial charge in [-0.25, -0.2) is 8.42 Å². The highest BCUT2D eigenvalue weighted by Crippen LogP contribution is 2.24. The Balaban J connectivity index is 2.35. The van der Waals surface area contributed by atoms with Crippen LogP contribution in [0.3, 0.4) is 0 Å². The smallest absolute Gasteiger partial charge is 0.247 e. The fourth-order valence-corrected chi connectivity index (χ4v) is 4.11. The van der Waals surface area contributed by atoms with Gasteiger partial charge >= 0.3 is 0 Å². The van der Waals surface area contributed by atoms with Crippen molar-refractivity contribution in [1.29, 1.82) is 0 Å². The van der Waals surface area contributed by atoms with E-state index in [4.69, 9.17) is 0 Å². The van der Waals surface area contributed by atoms with Crippen LogP contribution in [0.4, 0.5) is 11.4 Å². The van der Waals surface area contributed by atoms with Crippen LogP contribution >= 0.6 is 0 Å². The van der Waals surface area contributed by atoms with Gasteiger partial charge < -0.3 is 5.32 Å². The van der Waals surface area contributed by atoms with Gasteiger partial charge in [0, 0.05) is 11.3 Å². The van der Waals surface area contributed by atoms with Crippen LogP contribution in [0.15, 0.2) is 42.5 Å². The summed E-state index contributed by atoms with van der Waals surface area (Å²) < 4.78 is 25.9. The molecule has 0 spiro atoms. The molecule has 0 unspecified atom stereocenters. The van der Waals surface area contributed by atoms with Crippen LogP contribution in [0.25, 0.3) is 0 Å². The lowest BCUT2D eigenvalue weighted by atomic mass is 10.1. The van der Waals surface area contributed by atoms with Gasteiger partial charge in [-0.3, -0.25) is 13.9 Å². The fraction of sp³-hybridized carbons (Fsp3) is 0.300. The number of hydrogen-bond donors (Lipinski definition) is 1. The van der Waals surface area contributed by atoms with Crippen LogP contribution < -0.4 is 9.62 Å². The molecule has 2 aromatic rings. The van der Waals surface area contributed by atoms with Gasteiger partial charge in [-0.1, -0.05) is 18.2 Å². The van der Waals surface area contributed by atoms with Crippen molar-refractivity contribution >= 4 is 33.1 Å². The number of hydrogen-bond acceptors (Lipinski definition) is 4. The molecule has 0 radical (unpaired) electrons. The zero-order valence-electron chi connectivity index (χ0n) is 16.1. The Kier molecular flexibility index (Phi) is 6.05. The minimum Gasteiger partial charge on any atom is -0.324 e. The topological polar surface area (TPSA) is 83.6 Å². The summed E-state index contributed by atoms with van der Waals surface area (Å²) in [5, 5.41) is 2.69. The SMILES string of the molecule is CC(=O)c1cccc(NC(=O)[C@@H](C)N(c2cc(C)cc(C)c2)S(C)(=O)=O)c1. The Hall–Kier alpha value is -2.67. The van der Waals surface area contributed by atoms with Gasteiger partial charge in [-0.2, -0.15) is 0 Å². The van der Waals surface area contributed by atoms with Gasteiger partial charge in [0.25, 0.3) is 0 Å². The number of rotatable bonds is 6. The van der Waals surface area contributed by atoms with E-state index in [1.54, 1.807) is 36.4 Å². The first-order chi connectivity index (χ1) is 12.5. The van der Waals surface area contributed by atoms with E-state index in [2.05, 4.69) is 5.32 Å². The highest BCUT2D eigenvalue weighted by atomic mass is 32.2. The molecular formula is C20H24N2O4S. The zero-order valence-corrected chi connectivity index (χ0v) is 16.9. The molecule has 0 fully saturated rings. The van der Waals surface area contributed by atoms with Crippen molar-refractivity contribution in [3.8, 4) is 0 Å². The summed E-state index contributed by atoms with van der Waals surface area (Å²) in [6.07, 6.45) is 1.07. The van der Waals surface area contributed by atoms with Gasteiger partial charge in [0.15, 0.2) is 5.78 Å². The third-order valence-corrected chi connectivity index (χ3v) is 5.33. The molecule has 6 nitrogen and oxygen atoms in total. The summed E-state index contributed by atoms with van der Waals surface area (Å²) >= 11 is 0. The van der Waals surface area contributed by atoms with Gasteiger partial charge in [0.2, 0.25) is 15.9 Å². The van der Waals surface area contributed by atoms with Crippen molar-refractivity contribution in [2.75, 3.05) is 15.9 Å². The predicted octanol–water partition coefficient (Wildman–Crippen LogP) is 3.30. The maximum absolute atomic E-state index is 12.7. The molecule has 1 amide bonds. The number of ketones is 1. The van der Waals surface area contributed by atoms with E-state index < -0.39 is 22.0 Å². The Morgan fingerprint density at radius 1 is 1.04 bits per heavy atom. The number of benzene rings is 2. The lowest BCUT2D eigenvalue weighted by Gasteiger charge is -2.28. The number of nitrogens with one attached hydrogen (secondary N) is 1. The van der Waals surface area contributed by atoms with E-state index in [0.29, 0.717) is 16.9 Å². The minimum atomic E-state index is -3.69. The zero-order chi connectivity index (χ0) is 20.4. The van der Waals surface area contributed by atoms with Gasteiger partial charge in [0.05, 0.1) is 11.9 Å². The van der Waals surface area contributed by atoms with Crippen LogP contribution in [0.2, 0.25) is 0 Å². The number of anilines is 2. The number of carbonyl (C=O) groups excluding carboxylic acids is 2. The van der Waals surface area contributed by atoms with E-state index in [-0.39, 0.29) is 5.78 Å². The summed E-state index contributed by atoms with van der Waals surface area (Å²) in [6.45, 7) is 6.71. The minimum absolute atomic E-state index is 0.118. The van der Waals surface area contributed by atoms with Crippen LogP contribution in [-0.2, 0) is 14.8 Å². The van der Waals surface area contributed by atoms with Gasteiger partial charge in [0.1, 0.15) is 6.04 Å². The number of amides is 1. The van der Waals surface area contributed by atoms with Crippen molar-refractivity contribution in [3.05, 3.63) is 59.2 Å². The number of carbonyl (C=O) groups is 2. The molecule has 1 atom stereocenters. The van der Waals surface area contributed by atoms with Crippen LogP contribution in [0.1, 0.15) is 35.3 Å². The summed E-state index contributed by atoms with van der Waals surface area (Å²) in [5.74, 6) is -0.604. The lowest BCUT2D eigenvalue weighted by molar-refractivity contribution is -0.116. The number of aryl methyl sites for hydroxylation is 2. The Morgan fingerprint density at radius 2 is 1.63 bits per heavy atom. The molecule has 27 heavy (non-hydrogen) atoms. The molecule has 0 saturated heterocycles. The van der Waals surface area contributed by atoms with Crippen molar-refractivity contribution in [2.24, 2.45) is 0 Å². The third-order valence-electron chi connectivity index (χ3n) is 4.09. The highest BCUT2D eigenvalue weighted by Gasteiger charge is 2.29. The van der Waals surface area contributed by atoms with E-state index in [1.807, 2.05) is 19.9 Å². The van der Waals surface area contributed by atoms with Gasteiger partial charge in [-0.05, 0) is 63.1 Å². The van der Waals surface area contributed by atoms with E-state index in [9.17, 15) is 18.0 Å². The number of Topliss-reactive ketones (excluding diaryl/α,β-unsaturated/α-hetero) is 1. The molecule has 2 aromatic carbocycles. The standard InChI is InChI=1S/C20H24N2O4S/c1-13-9-14(2)11-19(10-13)22(27(5,25)26)15(3)20(24)21-18-8-6-7-17(12-18)16(4)23/h6-12,15H,1-5H3,(H,21,24)/t15-/m1/s1. The Labute approximate surface area is 160 Å². The second-order valence-corrected chi connectivity index (χ2v) is 8.57. The normalized spacial score (nSPS) is 12.3. The van der Waals surface area contributed by atoms with Crippen LogP contribution in [0, 0.1) is 13.8 Å². The van der Waals surface area contributed by atoms with Crippen LogP contribution in [0.5, 0.6) is 0 Å². The van der Waals surface area contributed by atoms with Crippen molar-refractivity contribution in [2.45, 2.75) is 33.7 Å². The second-order valence-electron chi connectivity index (χ2n) is 6.71. The number of nitrogens with zero attached hydrogens (tertiary/aromatic N) is 1. The monoisotopic (exact) mass is 388 g/mol. The first-order valence-electron chi connectivity index (χ1n) is 8.48. The maximum atomic E-state index is 12.7. The maximum Gasteiger partial charge on any atom is 0.247 e. The molecule has 0 saturated carbocycles. The van der Waals surface area contributed by atoms with E-state index in [0.717, 1.165) is 21.7 Å². The average Bonchev–Trinajstić information content (AvgIpc) is 2.52. The molecule has 7 heteroatoms. The fourth-order valence-electron chi connectivity index (χ4n) is 2.95. The molecule has 0 heterocycles. The molecular weight excluding hydrogens is 364 g/mol. The van der Waals surface area contributed by atoms with E-state index >= 15 is 0 Å². The molecule has 0 aliphatic heterocycles. The van der Waals surface area contributed by atoms with Gasteiger partial charge in [-0.15, -0.1) is 0 Å². The quantitative estimate of drug-likeness (QED) is 0.770. The molecule has 0 aliphatic carbocycles. The first-order valence-corrected chi connectivity index (χ1v) is 10.3. The van der Waals surface area contributed by atoms with E-state index in [1.165, 1.54) is 13.8 Å². The molecule has 0 aromatic heterocycles. The van der Waals surface area contributed by atoms with Crippen LogP contribution in [-0.4, -0.2) is 32.4 Å². The van der Waals surface area contributed by atoms with Crippen molar-refractivity contribution in [3.63, 3.8) is 0 Å². The summed E-state index contributed by atoms with van der Waals surface area (Å²) in [4.78, 5) is 24.2. The Bertz CT molecular complexity index is 963. The van der Waals surface area contributed by atoms with Crippen molar-refractivity contribution < 1.29 is 18.0 Å². The molecule has 1 N–H and O–H groups in total. The lowest BCUT2D eigenvalue weighted by Crippen LogP contribution is -2.45. The summed E-state index contributed by atoms with van der Waals surface area (Å²) in [6, 6.07) is 11.0. The molecule has 2 rings (SSSR count). The molecule has 144 valence electrons. The van der Waals surface area contributed by atoms with Crippen molar-refractivity contribution in [1.82, 2.24) is 0 Å². The first kappa shape index (κ1) is 20.6. The third kappa shape index (κ3) is 5.17. The summed E-state index contributed by atoms with van der Waals surface area (Å²) in [5.41, 5.74) is 3.15.